The predicted octanol–water partition coefficient (Wildman–Crippen LogP) is 1.93. The third kappa shape index (κ3) is 3.32. The van der Waals surface area contributed by atoms with Crippen LogP contribution in [0.1, 0.15) is 17.2 Å². The molecule has 2 aliphatic heterocycles. The van der Waals surface area contributed by atoms with Gasteiger partial charge in [-0.15, -0.1) is 5.10 Å². The molecular weight excluding hydrogens is 364 g/mol. The Kier molecular flexibility index (Phi) is 4.61. The molecular formula is C22H24N6O. The predicted molar refractivity (Wildman–Crippen MR) is 111 cm³/mol. The Labute approximate surface area is 169 Å². The Balaban J connectivity index is 1.43. The quantitative estimate of drug-likeness (QED) is 0.742. The summed E-state index contributed by atoms with van der Waals surface area (Å²) in [6.07, 6.45) is 5.35. The van der Waals surface area contributed by atoms with Gasteiger partial charge < -0.3 is 5.73 Å². The number of amides is 1. The Morgan fingerprint density at radius 2 is 1.66 bits per heavy atom. The molecule has 3 heterocycles. The lowest BCUT2D eigenvalue weighted by atomic mass is 10.0. The number of likely N-dealkylation sites (tertiary alicyclic amines) is 1. The van der Waals surface area contributed by atoms with E-state index in [0.29, 0.717) is 19.6 Å². The van der Waals surface area contributed by atoms with Crippen LogP contribution in [0.4, 0.5) is 11.4 Å². The molecule has 1 fully saturated rings. The lowest BCUT2D eigenvalue weighted by Crippen LogP contribution is -2.38. The van der Waals surface area contributed by atoms with Crippen LogP contribution >= 0.6 is 0 Å². The summed E-state index contributed by atoms with van der Waals surface area (Å²) < 4.78 is 1.80. The van der Waals surface area contributed by atoms with Crippen molar-refractivity contribution >= 4 is 17.3 Å². The van der Waals surface area contributed by atoms with E-state index in [9.17, 15) is 4.79 Å². The molecule has 1 amide bonds. The van der Waals surface area contributed by atoms with Crippen molar-refractivity contribution in [2.45, 2.75) is 24.9 Å². The van der Waals surface area contributed by atoms with Crippen LogP contribution in [0, 0.1) is 0 Å². The van der Waals surface area contributed by atoms with Crippen LogP contribution in [0.5, 0.6) is 0 Å². The van der Waals surface area contributed by atoms with Gasteiger partial charge >= 0.3 is 0 Å². The number of para-hydroxylation sites is 2. The maximum atomic E-state index is 13.5. The number of rotatable bonds is 3. The van der Waals surface area contributed by atoms with Gasteiger partial charge in [-0.3, -0.25) is 14.6 Å². The fourth-order valence-electron chi connectivity index (χ4n) is 4.51. The van der Waals surface area contributed by atoms with Crippen LogP contribution in [0.25, 0.3) is 0 Å². The minimum Gasteiger partial charge on any atom is -0.325 e. The SMILES string of the molecule is N[C@@H]1CN(CC(=O)N2c3ccccc3CCc3ccccc32)C[C@@H]1n1ccnn1. The molecule has 3 aromatic rings. The number of hydrogen-bond acceptors (Lipinski definition) is 5. The Hall–Kier alpha value is -3.03. The van der Waals surface area contributed by atoms with Crippen LogP contribution in [0.3, 0.4) is 0 Å². The molecule has 2 atom stereocenters. The van der Waals surface area contributed by atoms with Crippen molar-refractivity contribution in [1.82, 2.24) is 19.9 Å². The van der Waals surface area contributed by atoms with Gasteiger partial charge in [0.2, 0.25) is 5.91 Å². The Morgan fingerprint density at radius 1 is 1.00 bits per heavy atom. The fourth-order valence-corrected chi connectivity index (χ4v) is 4.51. The summed E-state index contributed by atoms with van der Waals surface area (Å²) in [6, 6.07) is 16.4. The lowest BCUT2D eigenvalue weighted by Gasteiger charge is -2.27. The molecule has 148 valence electrons. The zero-order chi connectivity index (χ0) is 19.8. The molecule has 0 bridgehead atoms. The summed E-state index contributed by atoms with van der Waals surface area (Å²) in [5.74, 6) is 0.0678. The summed E-state index contributed by atoms with van der Waals surface area (Å²) in [6.45, 7) is 1.67. The van der Waals surface area contributed by atoms with E-state index in [1.807, 2.05) is 47.5 Å². The number of fused-ring (bicyclic) bond motifs is 2. The summed E-state index contributed by atoms with van der Waals surface area (Å²) >= 11 is 0. The van der Waals surface area contributed by atoms with Gasteiger partial charge in [0.05, 0.1) is 30.2 Å². The molecule has 5 rings (SSSR count). The molecule has 0 saturated carbocycles. The highest BCUT2D eigenvalue weighted by molar-refractivity contribution is 6.03. The summed E-state index contributed by atoms with van der Waals surface area (Å²) in [5, 5.41) is 7.97. The number of aryl methyl sites for hydroxylation is 2. The Bertz CT molecular complexity index is 970. The van der Waals surface area contributed by atoms with Gasteiger partial charge in [0.15, 0.2) is 0 Å². The highest BCUT2D eigenvalue weighted by Crippen LogP contribution is 2.36. The third-order valence-electron chi connectivity index (χ3n) is 5.93. The second-order valence-corrected chi connectivity index (χ2v) is 7.79. The molecule has 0 spiro atoms. The number of nitrogens with zero attached hydrogens (tertiary/aromatic N) is 5. The van der Waals surface area contributed by atoms with Crippen LogP contribution in [0.15, 0.2) is 60.9 Å². The first-order valence-electron chi connectivity index (χ1n) is 10.0. The van der Waals surface area contributed by atoms with E-state index in [0.717, 1.165) is 24.2 Å². The second-order valence-electron chi connectivity index (χ2n) is 7.79. The molecule has 0 aliphatic carbocycles. The van der Waals surface area contributed by atoms with Gasteiger partial charge in [0.25, 0.3) is 0 Å². The molecule has 0 unspecified atom stereocenters. The van der Waals surface area contributed by atoms with Crippen molar-refractivity contribution in [3.8, 4) is 0 Å². The molecule has 7 heteroatoms. The van der Waals surface area contributed by atoms with Crippen LogP contribution in [-0.2, 0) is 17.6 Å². The summed E-state index contributed by atoms with van der Waals surface area (Å²) in [4.78, 5) is 17.6. The average molecular weight is 388 g/mol. The van der Waals surface area contributed by atoms with Crippen LogP contribution in [-0.4, -0.2) is 51.5 Å². The van der Waals surface area contributed by atoms with E-state index in [4.69, 9.17) is 5.73 Å². The van der Waals surface area contributed by atoms with Crippen molar-refractivity contribution in [3.63, 3.8) is 0 Å². The number of nitrogens with two attached hydrogens (primary N) is 1. The minimum atomic E-state index is -0.0757. The molecule has 29 heavy (non-hydrogen) atoms. The van der Waals surface area contributed by atoms with E-state index in [-0.39, 0.29) is 18.0 Å². The highest BCUT2D eigenvalue weighted by atomic mass is 16.2. The second kappa shape index (κ2) is 7.42. The van der Waals surface area contributed by atoms with E-state index in [2.05, 4.69) is 27.3 Å². The van der Waals surface area contributed by atoms with Gasteiger partial charge in [-0.1, -0.05) is 41.6 Å². The average Bonchev–Trinajstić information content (AvgIpc) is 3.34. The molecule has 2 aromatic carbocycles. The van der Waals surface area contributed by atoms with Gasteiger partial charge in [0, 0.05) is 25.3 Å². The zero-order valence-electron chi connectivity index (χ0n) is 16.2. The molecule has 2 aliphatic rings. The monoisotopic (exact) mass is 388 g/mol. The van der Waals surface area contributed by atoms with Crippen molar-refractivity contribution < 1.29 is 4.79 Å². The van der Waals surface area contributed by atoms with E-state index in [1.165, 1.54) is 11.1 Å². The first-order chi connectivity index (χ1) is 14.2. The number of anilines is 2. The minimum absolute atomic E-state index is 0.0361. The largest absolute Gasteiger partial charge is 0.325 e. The number of carbonyl (C=O) groups is 1. The van der Waals surface area contributed by atoms with Crippen molar-refractivity contribution in [2.24, 2.45) is 5.73 Å². The first kappa shape index (κ1) is 18.0. The van der Waals surface area contributed by atoms with Crippen LogP contribution in [0.2, 0.25) is 0 Å². The first-order valence-corrected chi connectivity index (χ1v) is 10.0. The number of carbonyl (C=O) groups excluding carboxylic acids is 1. The molecule has 7 nitrogen and oxygen atoms in total. The molecule has 1 aromatic heterocycles. The maximum Gasteiger partial charge on any atom is 0.245 e. The number of benzene rings is 2. The molecule has 2 N–H and O–H groups in total. The van der Waals surface area contributed by atoms with Crippen LogP contribution < -0.4 is 10.6 Å². The smallest absolute Gasteiger partial charge is 0.245 e. The zero-order valence-corrected chi connectivity index (χ0v) is 16.2. The maximum absolute atomic E-state index is 13.5. The molecule has 1 saturated heterocycles. The molecule has 0 radical (unpaired) electrons. The van der Waals surface area contributed by atoms with E-state index < -0.39 is 0 Å². The van der Waals surface area contributed by atoms with Gasteiger partial charge in [0.1, 0.15) is 0 Å². The lowest BCUT2D eigenvalue weighted by molar-refractivity contribution is -0.118. The van der Waals surface area contributed by atoms with Gasteiger partial charge in [-0.2, -0.15) is 0 Å². The summed E-state index contributed by atoms with van der Waals surface area (Å²) in [5.41, 5.74) is 10.7. The van der Waals surface area contributed by atoms with Crippen molar-refractivity contribution in [3.05, 3.63) is 72.1 Å². The summed E-state index contributed by atoms with van der Waals surface area (Å²) in [7, 11) is 0. The van der Waals surface area contributed by atoms with E-state index in [1.54, 1.807) is 10.9 Å². The van der Waals surface area contributed by atoms with E-state index >= 15 is 0 Å². The van der Waals surface area contributed by atoms with Gasteiger partial charge in [-0.25, -0.2) is 4.68 Å². The third-order valence-corrected chi connectivity index (χ3v) is 5.93. The highest BCUT2D eigenvalue weighted by Gasteiger charge is 2.35. The van der Waals surface area contributed by atoms with Crippen molar-refractivity contribution in [1.29, 1.82) is 0 Å². The van der Waals surface area contributed by atoms with Crippen molar-refractivity contribution in [2.75, 3.05) is 24.5 Å². The fraction of sp³-hybridized carbons (Fsp3) is 0.318. The Morgan fingerprint density at radius 3 is 2.28 bits per heavy atom. The number of hydrogen-bond donors (Lipinski definition) is 1. The standard InChI is InChI=1S/C22H24N6O/c23-18-13-26(14-21(18)27-12-11-24-25-27)15-22(29)28-19-7-3-1-5-16(19)9-10-17-6-2-4-8-20(17)28/h1-8,11-12,18,21H,9-10,13-15,23H2/t18-,21+/m1/s1. The number of aromatic nitrogens is 3. The topological polar surface area (TPSA) is 80.3 Å². The van der Waals surface area contributed by atoms with Gasteiger partial charge in [-0.05, 0) is 36.1 Å². The normalized spacial score (nSPS) is 21.5.